The highest BCUT2D eigenvalue weighted by atomic mass is 16.2. The summed E-state index contributed by atoms with van der Waals surface area (Å²) in [4.78, 5) is 16.9. The van der Waals surface area contributed by atoms with E-state index < -0.39 is 0 Å². The van der Waals surface area contributed by atoms with Crippen molar-refractivity contribution in [2.24, 2.45) is 0 Å². The number of para-hydroxylation sites is 1. The Hall–Kier alpha value is -2.13. The Morgan fingerprint density at radius 3 is 2.39 bits per heavy atom. The fourth-order valence-electron chi connectivity index (χ4n) is 3.34. The van der Waals surface area contributed by atoms with Gasteiger partial charge in [-0.3, -0.25) is 9.69 Å². The van der Waals surface area contributed by atoms with Gasteiger partial charge in [0, 0.05) is 18.2 Å². The van der Waals surface area contributed by atoms with Gasteiger partial charge in [0.05, 0.1) is 6.54 Å². The molecule has 2 aromatic carbocycles. The van der Waals surface area contributed by atoms with Gasteiger partial charge in [-0.05, 0) is 30.3 Å². The molecule has 0 fully saturated rings. The van der Waals surface area contributed by atoms with Gasteiger partial charge in [0.25, 0.3) is 0 Å². The Balaban J connectivity index is 1.88. The highest BCUT2D eigenvalue weighted by Gasteiger charge is 2.33. The number of amides is 1. The molecule has 1 aliphatic heterocycles. The van der Waals surface area contributed by atoms with Crippen molar-refractivity contribution in [1.82, 2.24) is 4.90 Å². The fourth-order valence-corrected chi connectivity index (χ4v) is 3.34. The first-order valence-corrected chi connectivity index (χ1v) is 8.41. The lowest BCUT2D eigenvalue weighted by Crippen LogP contribution is -2.40. The van der Waals surface area contributed by atoms with Gasteiger partial charge in [-0.25, -0.2) is 0 Å². The average molecular weight is 308 g/mol. The molecular formula is C20H24N2O. The van der Waals surface area contributed by atoms with Crippen molar-refractivity contribution < 1.29 is 4.79 Å². The molecule has 0 saturated heterocycles. The molecule has 1 aliphatic rings. The molecule has 23 heavy (non-hydrogen) atoms. The first kappa shape index (κ1) is 15.8. The van der Waals surface area contributed by atoms with E-state index in [2.05, 4.69) is 61.2 Å². The highest BCUT2D eigenvalue weighted by Crippen LogP contribution is 2.39. The lowest BCUT2D eigenvalue weighted by molar-refractivity contribution is -0.119. The molecule has 0 saturated carbocycles. The maximum Gasteiger partial charge on any atom is 0.241 e. The molecule has 0 radical (unpaired) electrons. The highest BCUT2D eigenvalue weighted by molar-refractivity contribution is 5.97. The van der Waals surface area contributed by atoms with E-state index in [-0.39, 0.29) is 11.8 Å². The van der Waals surface area contributed by atoms with Gasteiger partial charge < -0.3 is 4.90 Å². The van der Waals surface area contributed by atoms with Crippen molar-refractivity contribution in [3.8, 4) is 0 Å². The van der Waals surface area contributed by atoms with Gasteiger partial charge in [0.15, 0.2) is 0 Å². The van der Waals surface area contributed by atoms with E-state index in [1.807, 2.05) is 17.0 Å². The number of benzene rings is 2. The van der Waals surface area contributed by atoms with Crippen molar-refractivity contribution in [2.75, 3.05) is 31.1 Å². The third kappa shape index (κ3) is 3.15. The van der Waals surface area contributed by atoms with Crippen LogP contribution in [0.3, 0.4) is 0 Å². The Kier molecular flexibility index (Phi) is 4.77. The lowest BCUT2D eigenvalue weighted by Gasteiger charge is -2.23. The number of anilines is 1. The Labute approximate surface area is 138 Å². The van der Waals surface area contributed by atoms with Crippen molar-refractivity contribution in [3.05, 3.63) is 65.7 Å². The summed E-state index contributed by atoms with van der Waals surface area (Å²) in [5, 5.41) is 0. The van der Waals surface area contributed by atoms with Gasteiger partial charge in [0.1, 0.15) is 0 Å². The molecule has 0 bridgehead atoms. The maximum absolute atomic E-state index is 12.8. The van der Waals surface area contributed by atoms with Crippen molar-refractivity contribution in [1.29, 1.82) is 0 Å². The molecule has 1 atom stereocenters. The van der Waals surface area contributed by atoms with Crippen LogP contribution in [0.5, 0.6) is 0 Å². The summed E-state index contributed by atoms with van der Waals surface area (Å²) < 4.78 is 0. The first-order chi connectivity index (χ1) is 11.2. The zero-order chi connectivity index (χ0) is 16.2. The van der Waals surface area contributed by atoms with Crippen LogP contribution in [-0.2, 0) is 4.79 Å². The van der Waals surface area contributed by atoms with Crippen LogP contribution in [0.4, 0.5) is 5.69 Å². The van der Waals surface area contributed by atoms with Crippen LogP contribution in [-0.4, -0.2) is 37.0 Å². The van der Waals surface area contributed by atoms with Crippen molar-refractivity contribution in [2.45, 2.75) is 19.8 Å². The topological polar surface area (TPSA) is 23.6 Å². The summed E-state index contributed by atoms with van der Waals surface area (Å²) in [5.74, 6) is 0.465. The number of hydrogen-bond donors (Lipinski definition) is 0. The largest absolute Gasteiger partial charge is 0.310 e. The number of rotatable bonds is 5. The molecule has 0 spiro atoms. The second-order valence-electron chi connectivity index (χ2n) is 5.99. The van der Waals surface area contributed by atoms with E-state index >= 15 is 0 Å². The molecule has 120 valence electrons. The number of carbonyl (C=O) groups excluding carboxylic acids is 1. The SMILES string of the molecule is CCN(CC)CC(=O)N1CC(c2ccccc2)c2ccccc21. The lowest BCUT2D eigenvalue weighted by atomic mass is 9.93. The van der Waals surface area contributed by atoms with E-state index in [4.69, 9.17) is 0 Å². The Morgan fingerprint density at radius 2 is 1.70 bits per heavy atom. The minimum atomic E-state index is 0.194. The smallest absolute Gasteiger partial charge is 0.241 e. The van der Waals surface area contributed by atoms with E-state index in [9.17, 15) is 4.79 Å². The van der Waals surface area contributed by atoms with Crippen molar-refractivity contribution in [3.63, 3.8) is 0 Å². The molecule has 2 aromatic rings. The Morgan fingerprint density at radius 1 is 1.04 bits per heavy atom. The van der Waals surface area contributed by atoms with Gasteiger partial charge >= 0.3 is 0 Å². The monoisotopic (exact) mass is 308 g/mol. The quantitative estimate of drug-likeness (QED) is 0.844. The summed E-state index contributed by atoms with van der Waals surface area (Å²) in [5.41, 5.74) is 3.60. The zero-order valence-corrected chi connectivity index (χ0v) is 13.9. The summed E-state index contributed by atoms with van der Waals surface area (Å²) in [6, 6.07) is 18.8. The van der Waals surface area contributed by atoms with E-state index in [1.54, 1.807) is 0 Å². The number of hydrogen-bond acceptors (Lipinski definition) is 2. The zero-order valence-electron chi connectivity index (χ0n) is 13.9. The summed E-state index contributed by atoms with van der Waals surface area (Å²) >= 11 is 0. The van der Waals surface area contributed by atoms with Crippen LogP contribution in [0.1, 0.15) is 30.9 Å². The number of nitrogens with zero attached hydrogens (tertiary/aromatic N) is 2. The van der Waals surface area contributed by atoms with E-state index in [0.29, 0.717) is 6.54 Å². The molecule has 0 N–H and O–H groups in total. The predicted molar refractivity (Wildman–Crippen MR) is 94.9 cm³/mol. The van der Waals surface area contributed by atoms with Gasteiger partial charge in [-0.15, -0.1) is 0 Å². The number of fused-ring (bicyclic) bond motifs is 1. The van der Waals surface area contributed by atoms with Crippen LogP contribution in [0.15, 0.2) is 54.6 Å². The van der Waals surface area contributed by atoms with Crippen molar-refractivity contribution >= 4 is 11.6 Å². The molecule has 1 unspecified atom stereocenters. The van der Waals surface area contributed by atoms with Gasteiger partial charge in [0.2, 0.25) is 5.91 Å². The molecule has 3 rings (SSSR count). The average Bonchev–Trinajstić information content (AvgIpc) is 3.00. The minimum absolute atomic E-state index is 0.194. The maximum atomic E-state index is 12.8. The predicted octanol–water partition coefficient (Wildman–Crippen LogP) is 3.51. The molecule has 3 heteroatoms. The molecule has 1 heterocycles. The fraction of sp³-hybridized carbons (Fsp3) is 0.350. The van der Waals surface area contributed by atoms with E-state index in [0.717, 1.165) is 25.3 Å². The van der Waals surface area contributed by atoms with Gasteiger partial charge in [-0.2, -0.15) is 0 Å². The number of carbonyl (C=O) groups is 1. The summed E-state index contributed by atoms with van der Waals surface area (Å²) in [6.07, 6.45) is 0. The minimum Gasteiger partial charge on any atom is -0.310 e. The second-order valence-corrected chi connectivity index (χ2v) is 5.99. The van der Waals surface area contributed by atoms with Gasteiger partial charge in [-0.1, -0.05) is 62.4 Å². The van der Waals surface area contributed by atoms with Crippen LogP contribution >= 0.6 is 0 Å². The summed E-state index contributed by atoms with van der Waals surface area (Å²) in [7, 11) is 0. The third-order valence-corrected chi connectivity index (χ3v) is 4.72. The summed E-state index contributed by atoms with van der Waals surface area (Å²) in [6.45, 7) is 7.23. The van der Waals surface area contributed by atoms with E-state index in [1.165, 1.54) is 11.1 Å². The van der Waals surface area contributed by atoms with Crippen LogP contribution in [0.25, 0.3) is 0 Å². The van der Waals surface area contributed by atoms with Crippen LogP contribution < -0.4 is 4.90 Å². The molecule has 3 nitrogen and oxygen atoms in total. The van der Waals surface area contributed by atoms with Crippen LogP contribution in [0, 0.1) is 0 Å². The number of likely N-dealkylation sites (N-methyl/N-ethyl adjacent to an activating group) is 1. The molecule has 0 aliphatic carbocycles. The normalized spacial score (nSPS) is 16.7. The second kappa shape index (κ2) is 6.97. The first-order valence-electron chi connectivity index (χ1n) is 8.41. The Bertz CT molecular complexity index is 664. The third-order valence-electron chi connectivity index (χ3n) is 4.72. The molecular weight excluding hydrogens is 284 g/mol. The molecule has 1 amide bonds. The molecule has 0 aromatic heterocycles. The standard InChI is InChI=1S/C20H24N2O/c1-3-21(4-2)15-20(23)22-14-18(16-10-6-5-7-11-16)17-12-8-9-13-19(17)22/h5-13,18H,3-4,14-15H2,1-2H3. The van der Waals surface area contributed by atoms with Crippen LogP contribution in [0.2, 0.25) is 0 Å².